The van der Waals surface area contributed by atoms with Crippen LogP contribution < -0.4 is 10.1 Å². The molecule has 0 radical (unpaired) electrons. The number of hydrogen-bond donors (Lipinski definition) is 1. The molecule has 0 saturated carbocycles. The van der Waals surface area contributed by atoms with Gasteiger partial charge in [-0.3, -0.25) is 4.79 Å². The predicted octanol–water partition coefficient (Wildman–Crippen LogP) is 2.70. The maximum absolute atomic E-state index is 11.5. The van der Waals surface area contributed by atoms with Crippen molar-refractivity contribution in [1.29, 1.82) is 0 Å². The molecule has 1 N–H and O–H groups in total. The van der Waals surface area contributed by atoms with Crippen LogP contribution in [0.15, 0.2) is 42.0 Å². The maximum atomic E-state index is 11.5. The number of carbonyl (C=O) groups is 1. The van der Waals surface area contributed by atoms with Gasteiger partial charge < -0.3 is 10.1 Å². The number of amides is 1. The van der Waals surface area contributed by atoms with Crippen LogP contribution in [0, 0.1) is 0 Å². The van der Waals surface area contributed by atoms with Crippen molar-refractivity contribution in [1.82, 2.24) is 5.32 Å². The van der Waals surface area contributed by atoms with Crippen LogP contribution in [0.4, 0.5) is 0 Å². The predicted molar refractivity (Wildman–Crippen MR) is 73.6 cm³/mol. The second-order valence-corrected chi connectivity index (χ2v) is 4.89. The lowest BCUT2D eigenvalue weighted by Crippen LogP contribution is -2.17. The summed E-state index contributed by atoms with van der Waals surface area (Å²) in [5, 5.41) is 2.56. The number of hydrogen-bond acceptors (Lipinski definition) is 4. The average Bonchev–Trinajstić information content (AvgIpc) is 2.61. The molecule has 0 bridgehead atoms. The summed E-state index contributed by atoms with van der Waals surface area (Å²) >= 11 is 6.16. The van der Waals surface area contributed by atoms with Crippen molar-refractivity contribution >= 4 is 40.3 Å². The molecular formula is C12H9NO2S2. The van der Waals surface area contributed by atoms with Gasteiger partial charge in [0.25, 0.3) is 5.91 Å². The first-order valence-corrected chi connectivity index (χ1v) is 6.04. The largest absolute Gasteiger partial charge is 0.465 e. The molecule has 0 atom stereocenters. The highest BCUT2D eigenvalue weighted by atomic mass is 32.2. The Morgan fingerprint density at radius 2 is 2.18 bits per heavy atom. The van der Waals surface area contributed by atoms with E-state index >= 15 is 0 Å². The molecule has 5 heteroatoms. The summed E-state index contributed by atoms with van der Waals surface area (Å²) in [5.74, 6) is 0.481. The topological polar surface area (TPSA) is 38.3 Å². The van der Waals surface area contributed by atoms with E-state index in [9.17, 15) is 4.79 Å². The molecule has 0 spiro atoms. The van der Waals surface area contributed by atoms with E-state index in [0.29, 0.717) is 15.0 Å². The Labute approximate surface area is 109 Å². The van der Waals surface area contributed by atoms with Crippen molar-refractivity contribution in [2.45, 2.75) is 0 Å². The van der Waals surface area contributed by atoms with Crippen molar-refractivity contribution in [3.8, 4) is 5.75 Å². The highest BCUT2D eigenvalue weighted by Gasteiger charge is 2.22. The minimum Gasteiger partial charge on any atom is -0.465 e. The molecular weight excluding hydrogens is 254 g/mol. The fraction of sp³-hybridized carbons (Fsp3) is 0. The highest BCUT2D eigenvalue weighted by Crippen LogP contribution is 2.29. The van der Waals surface area contributed by atoms with Crippen molar-refractivity contribution < 1.29 is 9.53 Å². The second-order valence-electron chi connectivity index (χ2n) is 3.17. The van der Waals surface area contributed by atoms with Crippen LogP contribution in [0.25, 0.3) is 6.08 Å². The van der Waals surface area contributed by atoms with Crippen LogP contribution in [0.3, 0.4) is 0 Å². The van der Waals surface area contributed by atoms with Crippen molar-refractivity contribution in [3.63, 3.8) is 0 Å². The summed E-state index contributed by atoms with van der Waals surface area (Å²) in [6, 6.07) is 7.40. The van der Waals surface area contributed by atoms with Gasteiger partial charge in [0.2, 0.25) is 0 Å². The Morgan fingerprint density at radius 1 is 1.41 bits per heavy atom. The van der Waals surface area contributed by atoms with E-state index in [1.807, 2.05) is 24.3 Å². The summed E-state index contributed by atoms with van der Waals surface area (Å²) in [7, 11) is 0. The van der Waals surface area contributed by atoms with E-state index in [2.05, 4.69) is 11.9 Å². The average molecular weight is 263 g/mol. The minimum atomic E-state index is -0.173. The van der Waals surface area contributed by atoms with Gasteiger partial charge in [0.15, 0.2) is 0 Å². The summed E-state index contributed by atoms with van der Waals surface area (Å²) < 4.78 is 5.73. The van der Waals surface area contributed by atoms with Crippen LogP contribution in [-0.2, 0) is 4.79 Å². The summed E-state index contributed by atoms with van der Waals surface area (Å²) in [4.78, 5) is 12.1. The van der Waals surface area contributed by atoms with E-state index < -0.39 is 0 Å². The first-order valence-electron chi connectivity index (χ1n) is 4.82. The van der Waals surface area contributed by atoms with E-state index in [4.69, 9.17) is 17.0 Å². The summed E-state index contributed by atoms with van der Waals surface area (Å²) in [6.07, 6.45) is 3.10. The number of carbonyl (C=O) groups excluding carboxylic acids is 1. The zero-order chi connectivity index (χ0) is 12.3. The smallest absolute Gasteiger partial charge is 0.263 e. The van der Waals surface area contributed by atoms with Gasteiger partial charge in [-0.2, -0.15) is 0 Å². The second kappa shape index (κ2) is 5.16. The number of nitrogens with one attached hydrogen (secondary N) is 1. The molecule has 3 nitrogen and oxygen atoms in total. The van der Waals surface area contributed by atoms with E-state index in [1.165, 1.54) is 18.0 Å². The first kappa shape index (κ1) is 11.9. The highest BCUT2D eigenvalue weighted by molar-refractivity contribution is 8.26. The molecule has 17 heavy (non-hydrogen) atoms. The Balaban J connectivity index is 2.35. The first-order chi connectivity index (χ1) is 8.20. The molecule has 0 aromatic heterocycles. The van der Waals surface area contributed by atoms with Gasteiger partial charge in [0.1, 0.15) is 10.1 Å². The number of thioether (sulfide) groups is 1. The third kappa shape index (κ3) is 2.75. The standard InChI is InChI=1S/C12H9NO2S2/c1-2-15-9-6-4-3-5-8(9)7-10-11(14)13-12(16)17-10/h2-7H,1H2,(H,13,14,16). The molecule has 1 aliphatic rings. The van der Waals surface area contributed by atoms with Gasteiger partial charge in [-0.15, -0.1) is 0 Å². The Hall–Kier alpha value is -1.59. The monoisotopic (exact) mass is 263 g/mol. The molecule has 1 aromatic rings. The zero-order valence-corrected chi connectivity index (χ0v) is 10.4. The zero-order valence-electron chi connectivity index (χ0n) is 8.80. The third-order valence-electron chi connectivity index (χ3n) is 2.06. The number of ether oxygens (including phenoxy) is 1. The van der Waals surface area contributed by atoms with Crippen LogP contribution in [0.1, 0.15) is 5.56 Å². The van der Waals surface area contributed by atoms with E-state index in [0.717, 1.165) is 5.56 Å². The third-order valence-corrected chi connectivity index (χ3v) is 3.22. The molecule has 1 aromatic carbocycles. The Morgan fingerprint density at radius 3 is 2.82 bits per heavy atom. The molecule has 1 amide bonds. The Kier molecular flexibility index (Phi) is 3.61. The lowest BCUT2D eigenvalue weighted by molar-refractivity contribution is -0.115. The van der Waals surface area contributed by atoms with Gasteiger partial charge in [-0.1, -0.05) is 48.8 Å². The minimum absolute atomic E-state index is 0.173. The van der Waals surface area contributed by atoms with Crippen LogP contribution >= 0.6 is 24.0 Å². The van der Waals surface area contributed by atoms with Crippen molar-refractivity contribution in [2.75, 3.05) is 0 Å². The van der Waals surface area contributed by atoms with Gasteiger partial charge in [-0.05, 0) is 12.1 Å². The van der Waals surface area contributed by atoms with E-state index in [-0.39, 0.29) is 5.91 Å². The lowest BCUT2D eigenvalue weighted by Gasteiger charge is -2.04. The quantitative estimate of drug-likeness (QED) is 0.517. The van der Waals surface area contributed by atoms with Gasteiger partial charge in [-0.25, -0.2) is 0 Å². The lowest BCUT2D eigenvalue weighted by atomic mass is 10.2. The number of thiocarbonyl (C=S) groups is 1. The SMILES string of the molecule is C=COc1ccccc1C=C1SC(=S)NC1=O. The molecule has 86 valence electrons. The van der Waals surface area contributed by atoms with Gasteiger partial charge >= 0.3 is 0 Å². The number of benzene rings is 1. The van der Waals surface area contributed by atoms with Gasteiger partial charge in [0, 0.05) is 5.56 Å². The molecule has 1 aliphatic heterocycles. The van der Waals surface area contributed by atoms with Crippen molar-refractivity contribution in [2.24, 2.45) is 0 Å². The van der Waals surface area contributed by atoms with Crippen LogP contribution in [0.5, 0.6) is 5.75 Å². The van der Waals surface area contributed by atoms with E-state index in [1.54, 1.807) is 6.08 Å². The van der Waals surface area contributed by atoms with Gasteiger partial charge in [0.05, 0.1) is 11.2 Å². The van der Waals surface area contributed by atoms with Crippen LogP contribution in [0.2, 0.25) is 0 Å². The normalized spacial score (nSPS) is 17.1. The fourth-order valence-electron chi connectivity index (χ4n) is 1.36. The molecule has 1 heterocycles. The molecule has 1 fully saturated rings. The van der Waals surface area contributed by atoms with Crippen molar-refractivity contribution in [3.05, 3.63) is 47.6 Å². The molecule has 0 aliphatic carbocycles. The molecule has 1 saturated heterocycles. The summed E-state index contributed by atoms with van der Waals surface area (Å²) in [5.41, 5.74) is 0.815. The Bertz CT molecular complexity index is 523. The summed E-state index contributed by atoms with van der Waals surface area (Å²) in [6.45, 7) is 3.51. The van der Waals surface area contributed by atoms with Crippen LogP contribution in [-0.4, -0.2) is 10.2 Å². The molecule has 0 unspecified atom stereocenters. The fourth-order valence-corrected chi connectivity index (χ4v) is 2.39. The number of rotatable bonds is 3. The number of para-hydroxylation sites is 1. The molecule has 2 rings (SSSR count). The maximum Gasteiger partial charge on any atom is 0.263 e.